The average Bonchev–Trinajstić information content (AvgIpc) is 3.98. The molecule has 0 aliphatic heterocycles. The predicted molar refractivity (Wildman–Crippen MR) is 271 cm³/mol. The van der Waals surface area contributed by atoms with Crippen molar-refractivity contribution in [1.29, 1.82) is 0 Å². The van der Waals surface area contributed by atoms with Crippen LogP contribution in [0.1, 0.15) is 27.8 Å². The van der Waals surface area contributed by atoms with Crippen molar-refractivity contribution in [2.75, 3.05) is 4.90 Å². The molecule has 2 aliphatic rings. The first-order valence-corrected chi connectivity index (χ1v) is 22.9. The van der Waals surface area contributed by atoms with E-state index in [0.29, 0.717) is 0 Å². The van der Waals surface area contributed by atoms with Crippen LogP contribution in [0, 0.1) is 50.2 Å². The molecule has 11 aromatic carbocycles. The number of fused-ring (bicyclic) bond motifs is 19. The molecular formula is C62H37NSU. The first-order valence-electron chi connectivity index (χ1n) is 22.1. The molecule has 0 N–H and O–H groups in total. The van der Waals surface area contributed by atoms with Crippen LogP contribution >= 0.6 is 11.3 Å². The molecule has 300 valence electrons. The molecule has 3 heteroatoms. The van der Waals surface area contributed by atoms with Gasteiger partial charge in [0.25, 0.3) is 0 Å². The quantitative estimate of drug-likeness (QED) is 0.125. The topological polar surface area (TPSA) is 3.24 Å². The van der Waals surface area contributed by atoms with Gasteiger partial charge in [0, 0.05) is 31.4 Å². The Kier molecular flexibility index (Phi) is 8.72. The second-order valence-electron chi connectivity index (χ2n) is 17.4. The first-order chi connectivity index (χ1) is 31.6. The van der Waals surface area contributed by atoms with Crippen molar-refractivity contribution in [3.05, 3.63) is 246 Å². The van der Waals surface area contributed by atoms with Gasteiger partial charge in [-0.15, -0.1) is 23.5 Å². The third-order valence-electron chi connectivity index (χ3n) is 14.1. The summed E-state index contributed by atoms with van der Waals surface area (Å²) in [5, 5.41) is 10.4. The molecule has 0 bridgehead atoms. The monoisotopic (exact) mass is 1070 g/mol. The van der Waals surface area contributed by atoms with Crippen molar-refractivity contribution >= 4 is 80.9 Å². The second-order valence-corrected chi connectivity index (χ2v) is 18.5. The van der Waals surface area contributed by atoms with E-state index in [1.807, 2.05) is 23.5 Å². The Bertz CT molecular complexity index is 3890. The van der Waals surface area contributed by atoms with Gasteiger partial charge in [0.15, 0.2) is 0 Å². The maximum Gasteiger partial charge on any atom is 2.00 e. The van der Waals surface area contributed by atoms with Crippen molar-refractivity contribution in [2.45, 2.75) is 12.3 Å². The van der Waals surface area contributed by atoms with Gasteiger partial charge in [0.05, 0.1) is 11.1 Å². The summed E-state index contributed by atoms with van der Waals surface area (Å²) in [6.07, 6.45) is 0. The zero-order valence-corrected chi connectivity index (χ0v) is 40.5. The van der Waals surface area contributed by atoms with Gasteiger partial charge in [0.2, 0.25) is 0 Å². The Labute approximate surface area is 405 Å². The minimum Gasteiger partial charge on any atom is -0.328 e. The molecule has 0 saturated carbocycles. The van der Waals surface area contributed by atoms with Crippen molar-refractivity contribution in [1.82, 2.24) is 0 Å². The fourth-order valence-electron chi connectivity index (χ4n) is 11.5. The predicted octanol–water partition coefficient (Wildman–Crippen LogP) is 16.9. The van der Waals surface area contributed by atoms with E-state index in [4.69, 9.17) is 0 Å². The molecule has 0 fully saturated rings. The second kappa shape index (κ2) is 14.6. The fraction of sp³-hybridized carbons (Fsp3) is 0.0323. The SMILES string of the molecule is Cc1ccc2c(c1)c1ccccc1c1cc3c(cc21)sc1ccc(N(c2[c-]c(-c4[c-]cccc4)ccc2)c2cccc4c2-c2ccccc2C42c4ccccc4-c4ccccc42)cc13.[U+2]. The van der Waals surface area contributed by atoms with Crippen LogP contribution in [0.4, 0.5) is 17.1 Å². The zero-order chi connectivity index (χ0) is 42.1. The van der Waals surface area contributed by atoms with E-state index in [9.17, 15) is 0 Å². The summed E-state index contributed by atoms with van der Waals surface area (Å²) in [5.41, 5.74) is 16.5. The van der Waals surface area contributed by atoms with E-state index in [0.717, 1.165) is 28.2 Å². The Morgan fingerprint density at radius 2 is 1.03 bits per heavy atom. The van der Waals surface area contributed by atoms with Crippen molar-refractivity contribution in [2.24, 2.45) is 0 Å². The van der Waals surface area contributed by atoms with Gasteiger partial charge in [-0.2, -0.15) is 42.5 Å². The Morgan fingerprint density at radius 3 is 1.78 bits per heavy atom. The Balaban J connectivity index is 0.00000423. The van der Waals surface area contributed by atoms with E-state index in [1.165, 1.54) is 103 Å². The van der Waals surface area contributed by atoms with Gasteiger partial charge in [-0.25, -0.2) is 11.1 Å². The molecular weight excluding hydrogens is 1030 g/mol. The van der Waals surface area contributed by atoms with Crippen LogP contribution in [0.3, 0.4) is 0 Å². The number of hydrogen-bond acceptors (Lipinski definition) is 2. The van der Waals surface area contributed by atoms with Crippen molar-refractivity contribution < 1.29 is 31.1 Å². The third kappa shape index (κ3) is 5.44. The number of rotatable bonds is 4. The van der Waals surface area contributed by atoms with Gasteiger partial charge in [-0.05, 0) is 120 Å². The summed E-state index contributed by atoms with van der Waals surface area (Å²) in [6, 6.07) is 84.1. The van der Waals surface area contributed by atoms with Crippen LogP contribution in [-0.2, 0) is 5.41 Å². The minimum atomic E-state index is -0.453. The van der Waals surface area contributed by atoms with E-state index in [-0.39, 0.29) is 31.1 Å². The zero-order valence-electron chi connectivity index (χ0n) is 35.5. The maximum atomic E-state index is 3.91. The maximum absolute atomic E-state index is 3.91. The van der Waals surface area contributed by atoms with Crippen LogP contribution < -0.4 is 4.90 Å². The van der Waals surface area contributed by atoms with E-state index < -0.39 is 5.41 Å². The van der Waals surface area contributed by atoms with E-state index in [1.54, 1.807) is 0 Å². The average molecular weight is 1070 g/mol. The molecule has 0 saturated heterocycles. The van der Waals surface area contributed by atoms with Crippen LogP contribution in [0.2, 0.25) is 0 Å². The molecule has 12 aromatic rings. The summed E-state index contributed by atoms with van der Waals surface area (Å²) in [5.74, 6) is 0. The molecule has 0 radical (unpaired) electrons. The Morgan fingerprint density at radius 1 is 0.431 bits per heavy atom. The van der Waals surface area contributed by atoms with Crippen LogP contribution in [0.5, 0.6) is 0 Å². The third-order valence-corrected chi connectivity index (χ3v) is 15.2. The van der Waals surface area contributed by atoms with Crippen LogP contribution in [0.15, 0.2) is 206 Å². The number of aryl methyl sites for hydroxylation is 1. The molecule has 2 aliphatic carbocycles. The molecule has 1 aromatic heterocycles. The summed E-state index contributed by atoms with van der Waals surface area (Å²) < 4.78 is 2.57. The standard InChI is InChI=1S/C62H37NS.U/c1-38-29-31-45-49(33-38)43-19-5-6-20-44(43)50-36-53-52-35-42(30-32-59(52)64-60(53)37-51(45)50)63(41-18-13-17-40(34-41)39-15-3-2-4-16-39)58-28-14-27-57-61(58)48-23-9-12-26-56(48)62(57)54-24-10-7-21-46(54)47-22-8-11-25-55(47)62;/h2-15,17-33,35-37H,1H3;/q-2;+2. The molecule has 1 nitrogen and oxygen atoms in total. The molecule has 1 spiro atoms. The molecule has 14 rings (SSSR count). The van der Waals surface area contributed by atoms with Gasteiger partial charge >= 0.3 is 31.1 Å². The van der Waals surface area contributed by atoms with Crippen LogP contribution in [-0.4, -0.2) is 0 Å². The number of anilines is 3. The Hall–Kier alpha value is -6.73. The molecule has 0 amide bonds. The number of benzene rings is 11. The van der Waals surface area contributed by atoms with Gasteiger partial charge in [0.1, 0.15) is 0 Å². The molecule has 65 heavy (non-hydrogen) atoms. The minimum absolute atomic E-state index is 0. The van der Waals surface area contributed by atoms with Crippen LogP contribution in [0.25, 0.3) is 85.9 Å². The largest absolute Gasteiger partial charge is 2.00 e. The van der Waals surface area contributed by atoms with E-state index >= 15 is 0 Å². The summed E-state index contributed by atoms with van der Waals surface area (Å²) in [6.45, 7) is 2.19. The van der Waals surface area contributed by atoms with Gasteiger partial charge in [-0.1, -0.05) is 133 Å². The molecule has 0 atom stereocenters. The molecule has 0 unspecified atom stereocenters. The van der Waals surface area contributed by atoms with Gasteiger partial charge in [-0.3, -0.25) is 0 Å². The summed E-state index contributed by atoms with van der Waals surface area (Å²) in [7, 11) is 0. The van der Waals surface area contributed by atoms with E-state index in [2.05, 4.69) is 218 Å². The smallest absolute Gasteiger partial charge is 0.328 e. The van der Waals surface area contributed by atoms with Crippen molar-refractivity contribution in [3.63, 3.8) is 0 Å². The van der Waals surface area contributed by atoms with Gasteiger partial charge < -0.3 is 4.90 Å². The van der Waals surface area contributed by atoms with Crippen molar-refractivity contribution in [3.8, 4) is 33.4 Å². The fourth-order valence-corrected chi connectivity index (χ4v) is 12.6. The number of thiophene rings is 1. The number of nitrogens with zero attached hydrogens (tertiary/aromatic N) is 1. The summed E-state index contributed by atoms with van der Waals surface area (Å²) in [4.78, 5) is 2.46. The molecule has 1 heterocycles. The normalized spacial score (nSPS) is 13.0. The number of hydrogen-bond donors (Lipinski definition) is 0. The first kappa shape index (κ1) is 38.7. The summed E-state index contributed by atoms with van der Waals surface area (Å²) >= 11 is 1.89.